The molecule has 0 amide bonds. The maximum absolute atomic E-state index is 11.4. The molecule has 1 N–H and O–H groups in total. The van der Waals surface area contributed by atoms with Crippen molar-refractivity contribution in [2.24, 2.45) is 0 Å². The van der Waals surface area contributed by atoms with Crippen molar-refractivity contribution >= 4 is 11.9 Å². The molecule has 0 aromatic carbocycles. The predicted octanol–water partition coefficient (Wildman–Crippen LogP) is 1.86. The number of rotatable bonds is 2. The number of carboxylic acids is 1. The van der Waals surface area contributed by atoms with Gasteiger partial charge in [0.05, 0.1) is 12.7 Å². The Morgan fingerprint density at radius 3 is 2.29 bits per heavy atom. The van der Waals surface area contributed by atoms with Gasteiger partial charge in [-0.2, -0.15) is 0 Å². The molecular weight excluding hydrogens is 222 g/mol. The Labute approximate surface area is 99.4 Å². The summed E-state index contributed by atoms with van der Waals surface area (Å²) in [6.07, 6.45) is 0. The molecule has 1 aromatic heterocycles. The van der Waals surface area contributed by atoms with Gasteiger partial charge in [0.1, 0.15) is 0 Å². The summed E-state index contributed by atoms with van der Waals surface area (Å²) < 4.78 is 4.51. The highest BCUT2D eigenvalue weighted by Crippen LogP contribution is 2.21. The molecule has 0 aliphatic heterocycles. The van der Waals surface area contributed by atoms with E-state index in [1.54, 1.807) is 6.07 Å². The summed E-state index contributed by atoms with van der Waals surface area (Å²) in [7, 11) is 1.20. The van der Waals surface area contributed by atoms with E-state index in [2.05, 4.69) is 9.72 Å². The van der Waals surface area contributed by atoms with E-state index < -0.39 is 11.9 Å². The van der Waals surface area contributed by atoms with Gasteiger partial charge >= 0.3 is 11.9 Å². The van der Waals surface area contributed by atoms with E-state index in [-0.39, 0.29) is 16.7 Å². The SMILES string of the molecule is COC(=O)c1ccc(C(C)(C)C)nc1C(=O)O. The summed E-state index contributed by atoms with van der Waals surface area (Å²) in [5.74, 6) is -1.94. The van der Waals surface area contributed by atoms with Crippen LogP contribution in [0.3, 0.4) is 0 Å². The third-order valence-corrected chi connectivity index (χ3v) is 2.27. The van der Waals surface area contributed by atoms with Crippen molar-refractivity contribution in [2.45, 2.75) is 26.2 Å². The molecule has 0 saturated heterocycles. The maximum atomic E-state index is 11.4. The maximum Gasteiger partial charge on any atom is 0.355 e. The van der Waals surface area contributed by atoms with E-state index in [0.29, 0.717) is 5.69 Å². The van der Waals surface area contributed by atoms with Gasteiger partial charge in [-0.3, -0.25) is 0 Å². The summed E-state index contributed by atoms with van der Waals surface area (Å²) in [4.78, 5) is 26.4. The van der Waals surface area contributed by atoms with Crippen LogP contribution in [-0.2, 0) is 10.2 Å². The minimum Gasteiger partial charge on any atom is -0.476 e. The van der Waals surface area contributed by atoms with Crippen LogP contribution < -0.4 is 0 Å². The molecule has 5 nitrogen and oxygen atoms in total. The predicted molar refractivity (Wildman–Crippen MR) is 61.2 cm³/mol. The second-order valence-electron chi connectivity index (χ2n) is 4.64. The van der Waals surface area contributed by atoms with Gasteiger partial charge in [0.25, 0.3) is 0 Å². The third kappa shape index (κ3) is 2.81. The Bertz CT molecular complexity index is 460. The molecule has 0 bridgehead atoms. The lowest BCUT2D eigenvalue weighted by Gasteiger charge is -2.18. The van der Waals surface area contributed by atoms with Crippen LogP contribution in [0.5, 0.6) is 0 Å². The van der Waals surface area contributed by atoms with E-state index in [1.807, 2.05) is 20.8 Å². The molecule has 1 rings (SSSR count). The minimum atomic E-state index is -1.24. The van der Waals surface area contributed by atoms with E-state index in [9.17, 15) is 9.59 Å². The van der Waals surface area contributed by atoms with Gasteiger partial charge in [-0.05, 0) is 12.1 Å². The molecule has 92 valence electrons. The molecule has 17 heavy (non-hydrogen) atoms. The monoisotopic (exact) mass is 237 g/mol. The zero-order valence-corrected chi connectivity index (χ0v) is 10.3. The standard InChI is InChI=1S/C12H15NO4/c1-12(2,3)8-6-5-7(11(16)17-4)9(13-8)10(14)15/h5-6H,1-4H3,(H,14,15). The minimum absolute atomic E-state index is 0.0343. The van der Waals surface area contributed by atoms with Crippen LogP contribution in [0.2, 0.25) is 0 Å². The average molecular weight is 237 g/mol. The first-order valence-electron chi connectivity index (χ1n) is 5.10. The number of ether oxygens (including phenoxy) is 1. The van der Waals surface area contributed by atoms with Crippen molar-refractivity contribution < 1.29 is 19.4 Å². The molecule has 0 radical (unpaired) electrons. The van der Waals surface area contributed by atoms with Crippen LogP contribution in [0.4, 0.5) is 0 Å². The van der Waals surface area contributed by atoms with Crippen molar-refractivity contribution in [3.8, 4) is 0 Å². The van der Waals surface area contributed by atoms with Gasteiger partial charge in [-0.1, -0.05) is 20.8 Å². The van der Waals surface area contributed by atoms with Gasteiger partial charge in [-0.15, -0.1) is 0 Å². The zero-order valence-electron chi connectivity index (χ0n) is 10.3. The molecule has 0 saturated carbocycles. The molecular formula is C12H15NO4. The number of methoxy groups -OCH3 is 1. The lowest BCUT2D eigenvalue weighted by atomic mass is 9.91. The highest BCUT2D eigenvalue weighted by molar-refractivity contribution is 6.01. The summed E-state index contributed by atoms with van der Waals surface area (Å²) in [6.45, 7) is 5.75. The Morgan fingerprint density at radius 1 is 1.29 bits per heavy atom. The van der Waals surface area contributed by atoms with Crippen molar-refractivity contribution in [3.05, 3.63) is 29.1 Å². The van der Waals surface area contributed by atoms with Crippen LogP contribution in [0, 0.1) is 0 Å². The van der Waals surface area contributed by atoms with Gasteiger partial charge in [0.15, 0.2) is 5.69 Å². The third-order valence-electron chi connectivity index (χ3n) is 2.27. The van der Waals surface area contributed by atoms with Gasteiger partial charge in [0.2, 0.25) is 0 Å². The van der Waals surface area contributed by atoms with E-state index in [1.165, 1.54) is 13.2 Å². The first-order valence-corrected chi connectivity index (χ1v) is 5.10. The second-order valence-corrected chi connectivity index (χ2v) is 4.64. The Balaban J connectivity index is 3.37. The smallest absolute Gasteiger partial charge is 0.355 e. The van der Waals surface area contributed by atoms with E-state index in [4.69, 9.17) is 5.11 Å². The Kier molecular flexibility index (Phi) is 3.50. The molecule has 0 atom stereocenters. The molecule has 0 unspecified atom stereocenters. The fourth-order valence-corrected chi connectivity index (χ4v) is 1.31. The van der Waals surface area contributed by atoms with Crippen LogP contribution in [0.1, 0.15) is 47.3 Å². The van der Waals surface area contributed by atoms with E-state index in [0.717, 1.165) is 0 Å². The normalized spacial score (nSPS) is 11.1. The lowest BCUT2D eigenvalue weighted by Crippen LogP contribution is -2.19. The van der Waals surface area contributed by atoms with Gasteiger partial charge in [0, 0.05) is 11.1 Å². The van der Waals surface area contributed by atoms with Crippen LogP contribution in [-0.4, -0.2) is 29.1 Å². The number of pyridine rings is 1. The van der Waals surface area contributed by atoms with Crippen LogP contribution >= 0.6 is 0 Å². The molecule has 1 aromatic rings. The number of hydrogen-bond donors (Lipinski definition) is 1. The number of aromatic nitrogens is 1. The fourth-order valence-electron chi connectivity index (χ4n) is 1.31. The summed E-state index contributed by atoms with van der Waals surface area (Å²) in [5.41, 5.74) is 0.0265. The summed E-state index contributed by atoms with van der Waals surface area (Å²) >= 11 is 0. The number of carboxylic acid groups (broad SMARTS) is 1. The zero-order chi connectivity index (χ0) is 13.2. The number of carbonyl (C=O) groups is 2. The van der Waals surface area contributed by atoms with Crippen molar-refractivity contribution in [2.75, 3.05) is 7.11 Å². The second kappa shape index (κ2) is 4.53. The highest BCUT2D eigenvalue weighted by atomic mass is 16.5. The quantitative estimate of drug-likeness (QED) is 0.794. The van der Waals surface area contributed by atoms with Crippen LogP contribution in [0.15, 0.2) is 12.1 Å². The number of carbonyl (C=O) groups excluding carboxylic acids is 1. The van der Waals surface area contributed by atoms with Crippen molar-refractivity contribution in [3.63, 3.8) is 0 Å². The summed E-state index contributed by atoms with van der Waals surface area (Å²) in [5, 5.41) is 9.03. The lowest BCUT2D eigenvalue weighted by molar-refractivity contribution is 0.0580. The fraction of sp³-hybridized carbons (Fsp3) is 0.417. The molecule has 0 fully saturated rings. The molecule has 0 aliphatic carbocycles. The van der Waals surface area contributed by atoms with Crippen LogP contribution in [0.25, 0.3) is 0 Å². The first kappa shape index (κ1) is 13.2. The molecule has 0 spiro atoms. The number of hydrogen-bond acceptors (Lipinski definition) is 4. The Morgan fingerprint density at radius 2 is 1.88 bits per heavy atom. The van der Waals surface area contributed by atoms with Gasteiger partial charge < -0.3 is 9.84 Å². The number of aromatic carboxylic acids is 1. The Hall–Kier alpha value is -1.91. The largest absolute Gasteiger partial charge is 0.476 e. The first-order chi connectivity index (χ1) is 7.77. The number of nitrogens with zero attached hydrogens (tertiary/aromatic N) is 1. The highest BCUT2D eigenvalue weighted by Gasteiger charge is 2.23. The molecule has 5 heteroatoms. The van der Waals surface area contributed by atoms with Crippen molar-refractivity contribution in [1.29, 1.82) is 0 Å². The van der Waals surface area contributed by atoms with E-state index >= 15 is 0 Å². The van der Waals surface area contributed by atoms with Gasteiger partial charge in [-0.25, -0.2) is 14.6 Å². The number of esters is 1. The average Bonchev–Trinajstić information content (AvgIpc) is 2.25. The summed E-state index contributed by atoms with van der Waals surface area (Å²) in [6, 6.07) is 3.07. The topological polar surface area (TPSA) is 76.5 Å². The molecule has 0 aliphatic rings. The van der Waals surface area contributed by atoms with Crippen molar-refractivity contribution in [1.82, 2.24) is 4.98 Å². The molecule has 1 heterocycles.